The normalized spacial score (nSPS) is 11.0. The van der Waals surface area contributed by atoms with Crippen molar-refractivity contribution in [2.75, 3.05) is 11.1 Å². The maximum absolute atomic E-state index is 12.7. The molecule has 2 aromatic carbocycles. The van der Waals surface area contributed by atoms with E-state index in [2.05, 4.69) is 5.32 Å². The zero-order valence-electron chi connectivity index (χ0n) is 14.8. The molecule has 4 nitrogen and oxygen atoms in total. The van der Waals surface area contributed by atoms with Gasteiger partial charge in [-0.3, -0.25) is 4.79 Å². The molecule has 0 aliphatic rings. The Kier molecular flexibility index (Phi) is 4.98. The standard InChI is InChI=1S/C21H15Cl2N3OS/c1-11-2-4-12(5-3-11)16-9-7-14-18(24)19(28-21(14)26-16)20(27)25-17-8-6-13(22)10-15(17)23/h2-10H,24H2,1H3,(H,25,27). The van der Waals surface area contributed by atoms with Crippen molar-refractivity contribution in [3.8, 4) is 11.3 Å². The SMILES string of the molecule is Cc1ccc(-c2ccc3c(N)c(C(=O)Nc4ccc(Cl)cc4Cl)sc3n2)cc1. The highest BCUT2D eigenvalue weighted by atomic mass is 35.5. The number of thiophene rings is 1. The molecule has 140 valence electrons. The van der Waals surface area contributed by atoms with Gasteiger partial charge in [0.25, 0.3) is 5.91 Å². The van der Waals surface area contributed by atoms with E-state index in [9.17, 15) is 4.79 Å². The van der Waals surface area contributed by atoms with Crippen molar-refractivity contribution in [2.24, 2.45) is 0 Å². The second kappa shape index (κ2) is 7.43. The number of benzene rings is 2. The maximum atomic E-state index is 12.7. The highest BCUT2D eigenvalue weighted by Gasteiger charge is 2.19. The van der Waals surface area contributed by atoms with Crippen molar-refractivity contribution >= 4 is 62.0 Å². The van der Waals surface area contributed by atoms with Crippen LogP contribution >= 0.6 is 34.5 Å². The average Bonchev–Trinajstić information content (AvgIpc) is 3.01. The molecule has 2 aromatic heterocycles. The van der Waals surface area contributed by atoms with Gasteiger partial charge in [-0.25, -0.2) is 4.98 Å². The number of aromatic nitrogens is 1. The number of hydrogen-bond acceptors (Lipinski definition) is 4. The van der Waals surface area contributed by atoms with E-state index in [-0.39, 0.29) is 5.91 Å². The van der Waals surface area contributed by atoms with Gasteiger partial charge >= 0.3 is 0 Å². The Morgan fingerprint density at radius 1 is 1.07 bits per heavy atom. The van der Waals surface area contributed by atoms with Crippen LogP contribution in [0.2, 0.25) is 10.0 Å². The highest BCUT2D eigenvalue weighted by molar-refractivity contribution is 7.21. The third-order valence-corrected chi connectivity index (χ3v) is 5.99. The lowest BCUT2D eigenvalue weighted by molar-refractivity contribution is 0.103. The molecular formula is C21H15Cl2N3OS. The van der Waals surface area contributed by atoms with Gasteiger partial charge in [0.15, 0.2) is 0 Å². The zero-order chi connectivity index (χ0) is 19.8. The number of pyridine rings is 1. The molecule has 0 spiro atoms. The lowest BCUT2D eigenvalue weighted by Gasteiger charge is -2.06. The predicted octanol–water partition coefficient (Wildman–Crippen LogP) is 6.41. The van der Waals surface area contributed by atoms with E-state index >= 15 is 0 Å². The summed E-state index contributed by atoms with van der Waals surface area (Å²) in [6.07, 6.45) is 0. The predicted molar refractivity (Wildman–Crippen MR) is 119 cm³/mol. The number of nitrogens with one attached hydrogen (secondary N) is 1. The number of amides is 1. The van der Waals surface area contributed by atoms with E-state index in [4.69, 9.17) is 33.9 Å². The third-order valence-electron chi connectivity index (χ3n) is 4.33. The van der Waals surface area contributed by atoms with Crippen LogP contribution < -0.4 is 11.1 Å². The summed E-state index contributed by atoms with van der Waals surface area (Å²) in [5.41, 5.74) is 10.1. The Hall–Kier alpha value is -2.60. The summed E-state index contributed by atoms with van der Waals surface area (Å²) in [5, 5.41) is 4.40. The molecule has 2 heterocycles. The first-order valence-electron chi connectivity index (χ1n) is 8.45. The average molecular weight is 428 g/mol. The summed E-state index contributed by atoms with van der Waals surface area (Å²) < 4.78 is 0. The number of hydrogen-bond donors (Lipinski definition) is 2. The van der Waals surface area contributed by atoms with Crippen molar-refractivity contribution in [1.29, 1.82) is 0 Å². The fraction of sp³-hybridized carbons (Fsp3) is 0.0476. The van der Waals surface area contributed by atoms with Gasteiger partial charge in [-0.05, 0) is 37.3 Å². The molecule has 0 fully saturated rings. The highest BCUT2D eigenvalue weighted by Crippen LogP contribution is 2.35. The summed E-state index contributed by atoms with van der Waals surface area (Å²) >= 11 is 13.3. The minimum Gasteiger partial charge on any atom is -0.397 e. The number of carbonyl (C=O) groups excluding carboxylic acids is 1. The first-order valence-corrected chi connectivity index (χ1v) is 10.0. The van der Waals surface area contributed by atoms with Crippen molar-refractivity contribution < 1.29 is 4.79 Å². The minimum absolute atomic E-state index is 0.332. The number of anilines is 2. The topological polar surface area (TPSA) is 68.0 Å². The summed E-state index contributed by atoms with van der Waals surface area (Å²) in [6.45, 7) is 2.04. The van der Waals surface area contributed by atoms with E-state index in [1.807, 2.05) is 43.3 Å². The molecule has 0 saturated carbocycles. The fourth-order valence-corrected chi connectivity index (χ4v) is 4.27. The second-order valence-corrected chi connectivity index (χ2v) is 8.18. The smallest absolute Gasteiger partial charge is 0.267 e. The van der Waals surface area contributed by atoms with Gasteiger partial charge in [0.2, 0.25) is 0 Å². The summed E-state index contributed by atoms with van der Waals surface area (Å²) in [6, 6.07) is 16.8. The number of halogens is 2. The van der Waals surface area contributed by atoms with E-state index in [1.165, 1.54) is 16.9 Å². The zero-order valence-corrected chi connectivity index (χ0v) is 17.1. The minimum atomic E-state index is -0.332. The van der Waals surface area contributed by atoms with Gasteiger partial charge in [-0.15, -0.1) is 11.3 Å². The molecule has 3 N–H and O–H groups in total. The number of carbonyl (C=O) groups is 1. The van der Waals surface area contributed by atoms with Crippen LogP contribution in [0.5, 0.6) is 0 Å². The van der Waals surface area contributed by atoms with Gasteiger partial charge in [-0.1, -0.05) is 53.0 Å². The van der Waals surface area contributed by atoms with Gasteiger partial charge in [-0.2, -0.15) is 0 Å². The number of aryl methyl sites for hydroxylation is 1. The Morgan fingerprint density at radius 2 is 1.82 bits per heavy atom. The molecule has 4 aromatic rings. The molecule has 4 rings (SSSR count). The Labute approximate surface area is 175 Å². The molecule has 7 heteroatoms. The first-order chi connectivity index (χ1) is 13.4. The van der Waals surface area contributed by atoms with Crippen molar-refractivity contribution in [1.82, 2.24) is 4.98 Å². The maximum Gasteiger partial charge on any atom is 0.267 e. The van der Waals surface area contributed by atoms with Crippen LogP contribution in [0.25, 0.3) is 21.5 Å². The lowest BCUT2D eigenvalue weighted by atomic mass is 10.1. The first kappa shape index (κ1) is 18.7. The molecule has 0 aliphatic carbocycles. The number of nitrogens with two attached hydrogens (primary N) is 1. The van der Waals surface area contributed by atoms with Crippen LogP contribution in [0.15, 0.2) is 54.6 Å². The second-order valence-electron chi connectivity index (χ2n) is 6.34. The molecule has 0 aliphatic heterocycles. The number of rotatable bonds is 3. The number of fused-ring (bicyclic) bond motifs is 1. The van der Waals surface area contributed by atoms with Crippen molar-refractivity contribution in [3.63, 3.8) is 0 Å². The Bertz CT molecular complexity index is 1200. The molecule has 0 unspecified atom stereocenters. The van der Waals surface area contributed by atoms with Crippen LogP contribution in [-0.2, 0) is 0 Å². The van der Waals surface area contributed by atoms with Gasteiger partial charge in [0, 0.05) is 16.0 Å². The van der Waals surface area contributed by atoms with Gasteiger partial charge in [0.05, 0.1) is 22.1 Å². The largest absolute Gasteiger partial charge is 0.397 e. The van der Waals surface area contributed by atoms with Gasteiger partial charge in [0.1, 0.15) is 9.71 Å². The Balaban J connectivity index is 1.68. The fourth-order valence-electron chi connectivity index (χ4n) is 2.82. The van der Waals surface area contributed by atoms with Crippen LogP contribution in [-0.4, -0.2) is 10.9 Å². The van der Waals surface area contributed by atoms with Crippen LogP contribution in [0, 0.1) is 6.92 Å². The van der Waals surface area contributed by atoms with Crippen LogP contribution in [0.1, 0.15) is 15.2 Å². The summed E-state index contributed by atoms with van der Waals surface area (Å²) in [4.78, 5) is 18.5. The summed E-state index contributed by atoms with van der Waals surface area (Å²) in [7, 11) is 0. The van der Waals surface area contributed by atoms with Crippen LogP contribution in [0.4, 0.5) is 11.4 Å². The molecule has 0 radical (unpaired) electrons. The monoisotopic (exact) mass is 427 g/mol. The van der Waals surface area contributed by atoms with Crippen molar-refractivity contribution in [3.05, 3.63) is 75.1 Å². The molecule has 0 atom stereocenters. The molecule has 28 heavy (non-hydrogen) atoms. The van der Waals surface area contributed by atoms with E-state index in [0.717, 1.165) is 16.6 Å². The lowest BCUT2D eigenvalue weighted by Crippen LogP contribution is -2.12. The van der Waals surface area contributed by atoms with Crippen LogP contribution in [0.3, 0.4) is 0 Å². The third kappa shape index (κ3) is 3.56. The van der Waals surface area contributed by atoms with E-state index < -0.39 is 0 Å². The summed E-state index contributed by atoms with van der Waals surface area (Å²) in [5.74, 6) is -0.332. The molecule has 0 bridgehead atoms. The molecule has 0 saturated heterocycles. The molecular weight excluding hydrogens is 413 g/mol. The van der Waals surface area contributed by atoms with E-state index in [0.29, 0.717) is 31.1 Å². The number of nitrogens with zero attached hydrogens (tertiary/aromatic N) is 1. The van der Waals surface area contributed by atoms with Crippen molar-refractivity contribution in [2.45, 2.75) is 6.92 Å². The quantitative estimate of drug-likeness (QED) is 0.396. The van der Waals surface area contributed by atoms with E-state index in [1.54, 1.807) is 18.2 Å². The number of nitrogen functional groups attached to an aromatic ring is 1. The molecule has 1 amide bonds. The van der Waals surface area contributed by atoms with Gasteiger partial charge < -0.3 is 11.1 Å². The Morgan fingerprint density at radius 3 is 2.54 bits per heavy atom.